The van der Waals surface area contributed by atoms with Crippen molar-refractivity contribution in [3.8, 4) is 27.9 Å². The minimum Gasteiger partial charge on any atom is -0.317 e. The van der Waals surface area contributed by atoms with Crippen LogP contribution < -0.4 is 0 Å². The number of benzene rings is 8. The van der Waals surface area contributed by atoms with E-state index < -0.39 is 0 Å². The Bertz CT molecular complexity index is 3160. The van der Waals surface area contributed by atoms with Crippen molar-refractivity contribution >= 4 is 60.3 Å². The number of nitrogens with zero attached hydrogens (tertiary/aromatic N) is 2. The number of hydrogen-bond donors (Lipinski definition) is 0. The highest BCUT2D eigenvalue weighted by atomic mass is 15.0. The van der Waals surface area contributed by atoms with Crippen LogP contribution in [0.25, 0.3) is 88.3 Å². The standard InChI is InChI=1S/C55H40N2/c1-38(40-14-6-3-7-15-40)34-49(35-39(2)41-16-8-4-9-17-41)57-53-30-26-46(37-51(53)55-50-21-13-12-20-44(50)24-31-54(55)57)45-25-29-52-47(36-45)32-33-56(52)48-27-22-43(23-28-48)42-18-10-5-11-19-42/h3-37H,1H2,2H3/b39-35+,49-34+. The first-order valence-corrected chi connectivity index (χ1v) is 19.5. The number of fused-ring (bicyclic) bond motifs is 6. The SMILES string of the molecule is C=C(/C=C(\C=C(/C)c1ccccc1)n1c2ccc(-c3ccc4c(ccn4-c4ccc(-c5ccccc5)cc4)c3)cc2c2c3ccccc3ccc21)c1ccccc1. The van der Waals surface area contributed by atoms with E-state index in [0.29, 0.717) is 0 Å². The van der Waals surface area contributed by atoms with Crippen LogP contribution in [0.15, 0.2) is 219 Å². The Morgan fingerprint density at radius 3 is 1.81 bits per heavy atom. The number of rotatable bonds is 8. The summed E-state index contributed by atoms with van der Waals surface area (Å²) in [6.07, 6.45) is 6.72. The maximum Gasteiger partial charge on any atom is 0.0547 e. The molecule has 0 spiro atoms. The van der Waals surface area contributed by atoms with Gasteiger partial charge in [0.25, 0.3) is 0 Å². The fourth-order valence-electron chi connectivity index (χ4n) is 8.33. The second-order valence-electron chi connectivity index (χ2n) is 14.8. The van der Waals surface area contributed by atoms with Gasteiger partial charge in [-0.3, -0.25) is 0 Å². The highest BCUT2D eigenvalue weighted by Gasteiger charge is 2.18. The molecule has 0 bridgehead atoms. The van der Waals surface area contributed by atoms with Crippen LogP contribution in [-0.2, 0) is 0 Å². The van der Waals surface area contributed by atoms with Crippen molar-refractivity contribution in [3.05, 3.63) is 230 Å². The second-order valence-corrected chi connectivity index (χ2v) is 14.8. The Labute approximate surface area is 333 Å². The van der Waals surface area contributed by atoms with Crippen LogP contribution >= 0.6 is 0 Å². The van der Waals surface area contributed by atoms with Crippen LogP contribution in [0.5, 0.6) is 0 Å². The van der Waals surface area contributed by atoms with Gasteiger partial charge in [0.2, 0.25) is 0 Å². The summed E-state index contributed by atoms with van der Waals surface area (Å²) in [5, 5.41) is 6.14. The molecule has 2 aromatic heterocycles. The largest absolute Gasteiger partial charge is 0.317 e. The molecule has 2 heteroatoms. The summed E-state index contributed by atoms with van der Waals surface area (Å²) in [6.45, 7) is 6.75. The van der Waals surface area contributed by atoms with Gasteiger partial charge in [0, 0.05) is 33.7 Å². The Morgan fingerprint density at radius 2 is 1.05 bits per heavy atom. The molecule has 2 nitrogen and oxygen atoms in total. The number of hydrogen-bond acceptors (Lipinski definition) is 0. The third-order valence-corrected chi connectivity index (χ3v) is 11.2. The second kappa shape index (κ2) is 14.3. The van der Waals surface area contributed by atoms with E-state index in [1.54, 1.807) is 0 Å². The van der Waals surface area contributed by atoms with Gasteiger partial charge < -0.3 is 9.13 Å². The molecule has 270 valence electrons. The van der Waals surface area contributed by atoms with Crippen molar-refractivity contribution in [1.82, 2.24) is 9.13 Å². The van der Waals surface area contributed by atoms with Crippen molar-refractivity contribution in [2.45, 2.75) is 6.92 Å². The highest BCUT2D eigenvalue weighted by Crippen LogP contribution is 2.40. The molecule has 10 rings (SSSR count). The monoisotopic (exact) mass is 728 g/mol. The zero-order chi connectivity index (χ0) is 38.3. The van der Waals surface area contributed by atoms with Gasteiger partial charge in [0.05, 0.1) is 16.6 Å². The molecule has 8 aromatic carbocycles. The molecule has 0 N–H and O–H groups in total. The first kappa shape index (κ1) is 34.1. The van der Waals surface area contributed by atoms with E-state index in [2.05, 4.69) is 235 Å². The van der Waals surface area contributed by atoms with Crippen LogP contribution in [-0.4, -0.2) is 9.13 Å². The van der Waals surface area contributed by atoms with E-state index in [-0.39, 0.29) is 0 Å². The van der Waals surface area contributed by atoms with E-state index >= 15 is 0 Å². The third kappa shape index (κ3) is 6.28. The zero-order valence-electron chi connectivity index (χ0n) is 31.8. The van der Waals surface area contributed by atoms with Gasteiger partial charge in [-0.15, -0.1) is 0 Å². The van der Waals surface area contributed by atoms with Gasteiger partial charge in [-0.1, -0.05) is 152 Å². The topological polar surface area (TPSA) is 9.86 Å². The average molecular weight is 729 g/mol. The van der Waals surface area contributed by atoms with E-state index in [4.69, 9.17) is 0 Å². The van der Waals surface area contributed by atoms with Gasteiger partial charge in [-0.05, 0) is 123 Å². The van der Waals surface area contributed by atoms with Crippen molar-refractivity contribution < 1.29 is 0 Å². The Balaban J connectivity index is 1.12. The van der Waals surface area contributed by atoms with Gasteiger partial charge in [-0.25, -0.2) is 0 Å². The summed E-state index contributed by atoms with van der Waals surface area (Å²) in [6, 6.07) is 69.7. The molecule has 0 atom stereocenters. The molecule has 57 heavy (non-hydrogen) atoms. The highest BCUT2D eigenvalue weighted by molar-refractivity contribution is 6.22. The summed E-state index contributed by atoms with van der Waals surface area (Å²) in [5.41, 5.74) is 15.0. The van der Waals surface area contributed by atoms with Gasteiger partial charge in [0.15, 0.2) is 0 Å². The predicted octanol–water partition coefficient (Wildman–Crippen LogP) is 14.9. The van der Waals surface area contributed by atoms with Crippen LogP contribution in [0, 0.1) is 0 Å². The summed E-state index contributed by atoms with van der Waals surface area (Å²) in [5.74, 6) is 0. The van der Waals surface area contributed by atoms with E-state index in [0.717, 1.165) is 33.6 Å². The molecular formula is C55H40N2. The number of allylic oxidation sites excluding steroid dienone is 5. The lowest BCUT2D eigenvalue weighted by Crippen LogP contribution is -1.97. The molecule has 0 unspecified atom stereocenters. The van der Waals surface area contributed by atoms with Gasteiger partial charge in [0.1, 0.15) is 0 Å². The molecule has 0 amide bonds. The molecule has 10 aromatic rings. The summed E-state index contributed by atoms with van der Waals surface area (Å²) in [7, 11) is 0. The lowest BCUT2D eigenvalue weighted by atomic mass is 9.99. The molecule has 0 aliphatic rings. The molecule has 0 radical (unpaired) electrons. The van der Waals surface area contributed by atoms with E-state index in [1.807, 2.05) is 0 Å². The Morgan fingerprint density at radius 1 is 0.456 bits per heavy atom. The molecule has 0 saturated heterocycles. The predicted molar refractivity (Wildman–Crippen MR) is 244 cm³/mol. The third-order valence-electron chi connectivity index (χ3n) is 11.2. The van der Waals surface area contributed by atoms with Crippen molar-refractivity contribution in [2.75, 3.05) is 0 Å². The van der Waals surface area contributed by atoms with Crippen molar-refractivity contribution in [2.24, 2.45) is 0 Å². The van der Waals surface area contributed by atoms with Crippen LogP contribution in [0.1, 0.15) is 18.1 Å². The van der Waals surface area contributed by atoms with Gasteiger partial charge in [-0.2, -0.15) is 0 Å². The lowest BCUT2D eigenvalue weighted by molar-refractivity contribution is 1.13. The maximum absolute atomic E-state index is 4.56. The Hall–Kier alpha value is -7.42. The average Bonchev–Trinajstić information content (AvgIpc) is 3.86. The van der Waals surface area contributed by atoms with Crippen LogP contribution in [0.3, 0.4) is 0 Å². The normalized spacial score (nSPS) is 12.2. The lowest BCUT2D eigenvalue weighted by Gasteiger charge is -2.13. The molecule has 0 saturated carbocycles. The summed E-state index contributed by atoms with van der Waals surface area (Å²) < 4.78 is 4.70. The van der Waals surface area contributed by atoms with Crippen LogP contribution in [0.4, 0.5) is 0 Å². The van der Waals surface area contributed by atoms with Crippen molar-refractivity contribution in [3.63, 3.8) is 0 Å². The Kier molecular flexibility index (Phi) is 8.58. The van der Waals surface area contributed by atoms with E-state index in [1.165, 1.54) is 65.8 Å². The minimum absolute atomic E-state index is 0.961. The first-order valence-electron chi connectivity index (χ1n) is 19.5. The van der Waals surface area contributed by atoms with Crippen molar-refractivity contribution in [1.29, 1.82) is 0 Å². The zero-order valence-corrected chi connectivity index (χ0v) is 31.8. The maximum atomic E-state index is 4.56. The fraction of sp³-hybridized carbons (Fsp3) is 0.0182. The summed E-state index contributed by atoms with van der Waals surface area (Å²) >= 11 is 0. The fourth-order valence-corrected chi connectivity index (χ4v) is 8.33. The van der Waals surface area contributed by atoms with E-state index in [9.17, 15) is 0 Å². The molecular weight excluding hydrogens is 689 g/mol. The number of aromatic nitrogens is 2. The molecule has 2 heterocycles. The summed E-state index contributed by atoms with van der Waals surface area (Å²) in [4.78, 5) is 0. The minimum atomic E-state index is 0.961. The molecule has 0 aliphatic carbocycles. The molecule has 0 fully saturated rings. The van der Waals surface area contributed by atoms with Crippen LogP contribution in [0.2, 0.25) is 0 Å². The molecule has 0 aliphatic heterocycles. The van der Waals surface area contributed by atoms with Gasteiger partial charge >= 0.3 is 0 Å². The first-order chi connectivity index (χ1) is 28.1. The smallest absolute Gasteiger partial charge is 0.0547 e. The quantitative estimate of drug-likeness (QED) is 0.138.